The molecular weight excluding hydrogens is 359 g/mol. The highest BCUT2D eigenvalue weighted by molar-refractivity contribution is 9.10. The fraction of sp³-hybridized carbons (Fsp3) is 0.143. The average molecular weight is 373 g/mol. The summed E-state index contributed by atoms with van der Waals surface area (Å²) in [5.74, 6) is -0.496. The van der Waals surface area contributed by atoms with E-state index in [0.29, 0.717) is 10.0 Å². The summed E-state index contributed by atoms with van der Waals surface area (Å²) in [7, 11) is -2.43. The van der Waals surface area contributed by atoms with Crippen molar-refractivity contribution in [3.8, 4) is 0 Å². The van der Waals surface area contributed by atoms with E-state index in [2.05, 4.69) is 15.9 Å². The number of hydrogen-bond acceptors (Lipinski definition) is 3. The lowest BCUT2D eigenvalue weighted by molar-refractivity contribution is 0.593. The maximum atomic E-state index is 13.3. The third-order valence-corrected chi connectivity index (χ3v) is 5.82. The molecule has 0 radical (unpaired) electrons. The predicted octanol–water partition coefficient (Wildman–Crippen LogP) is 2.87. The van der Waals surface area contributed by atoms with Crippen LogP contribution in [0.5, 0.6) is 0 Å². The number of nitrogens with two attached hydrogens (primary N) is 1. The number of nitrogens with zero attached hydrogens (tertiary/aromatic N) is 1. The second-order valence-electron chi connectivity index (χ2n) is 4.42. The largest absolute Gasteiger partial charge is 0.326 e. The zero-order valence-electron chi connectivity index (χ0n) is 11.3. The van der Waals surface area contributed by atoms with Crippen LogP contribution in [0.2, 0.25) is 0 Å². The monoisotopic (exact) mass is 372 g/mol. The Kier molecular flexibility index (Phi) is 4.65. The van der Waals surface area contributed by atoms with E-state index in [1.807, 2.05) is 0 Å². The van der Waals surface area contributed by atoms with Crippen LogP contribution < -0.4 is 10.0 Å². The van der Waals surface area contributed by atoms with Gasteiger partial charge in [-0.2, -0.15) is 0 Å². The van der Waals surface area contributed by atoms with Crippen molar-refractivity contribution in [2.75, 3.05) is 11.4 Å². The minimum Gasteiger partial charge on any atom is -0.326 e. The average Bonchev–Trinajstić information content (AvgIpc) is 2.46. The zero-order valence-corrected chi connectivity index (χ0v) is 13.7. The van der Waals surface area contributed by atoms with Gasteiger partial charge in [-0.15, -0.1) is 0 Å². The van der Waals surface area contributed by atoms with Gasteiger partial charge in [-0.3, -0.25) is 4.31 Å². The summed E-state index contributed by atoms with van der Waals surface area (Å²) in [6, 6.07) is 10.3. The lowest BCUT2D eigenvalue weighted by atomic mass is 10.2. The quantitative estimate of drug-likeness (QED) is 0.897. The van der Waals surface area contributed by atoms with E-state index in [-0.39, 0.29) is 17.1 Å². The predicted molar refractivity (Wildman–Crippen MR) is 84.0 cm³/mol. The van der Waals surface area contributed by atoms with Gasteiger partial charge in [-0.05, 0) is 51.8 Å². The lowest BCUT2D eigenvalue weighted by Crippen LogP contribution is -2.27. The minimum atomic E-state index is -3.81. The third kappa shape index (κ3) is 3.25. The first-order valence-electron chi connectivity index (χ1n) is 6.09. The fourth-order valence-electron chi connectivity index (χ4n) is 1.83. The molecule has 2 N–H and O–H groups in total. The number of rotatable bonds is 4. The van der Waals surface area contributed by atoms with Gasteiger partial charge >= 0.3 is 0 Å². The molecule has 112 valence electrons. The maximum absolute atomic E-state index is 13.3. The van der Waals surface area contributed by atoms with Gasteiger partial charge in [0.15, 0.2) is 0 Å². The van der Waals surface area contributed by atoms with Crippen LogP contribution in [-0.4, -0.2) is 15.5 Å². The number of benzene rings is 2. The normalized spacial score (nSPS) is 11.4. The smallest absolute Gasteiger partial charge is 0.265 e. The highest BCUT2D eigenvalue weighted by atomic mass is 79.9. The summed E-state index contributed by atoms with van der Waals surface area (Å²) < 4.78 is 40.1. The topological polar surface area (TPSA) is 63.4 Å². The van der Waals surface area contributed by atoms with Gasteiger partial charge in [0.1, 0.15) is 10.7 Å². The molecule has 0 aromatic heterocycles. The molecule has 2 aromatic rings. The van der Waals surface area contributed by atoms with E-state index in [9.17, 15) is 12.8 Å². The molecule has 0 amide bonds. The molecular formula is C14H14BrFN2O2S. The van der Waals surface area contributed by atoms with Crippen LogP contribution in [0.3, 0.4) is 0 Å². The summed E-state index contributed by atoms with van der Waals surface area (Å²) in [5, 5.41) is 0. The molecule has 0 spiro atoms. The lowest BCUT2D eigenvalue weighted by Gasteiger charge is -2.20. The summed E-state index contributed by atoms with van der Waals surface area (Å²) >= 11 is 3.23. The molecule has 4 nitrogen and oxygen atoms in total. The first kappa shape index (κ1) is 15.9. The molecule has 0 aliphatic heterocycles. The Morgan fingerprint density at radius 2 is 1.95 bits per heavy atom. The number of hydrogen-bond donors (Lipinski definition) is 1. The van der Waals surface area contributed by atoms with E-state index in [1.54, 1.807) is 12.1 Å². The van der Waals surface area contributed by atoms with Gasteiger partial charge < -0.3 is 5.73 Å². The molecule has 0 heterocycles. The Morgan fingerprint density at radius 3 is 2.57 bits per heavy atom. The van der Waals surface area contributed by atoms with Gasteiger partial charge in [-0.25, -0.2) is 12.8 Å². The second kappa shape index (κ2) is 6.13. The van der Waals surface area contributed by atoms with Crippen molar-refractivity contribution in [3.63, 3.8) is 0 Å². The molecule has 0 aliphatic rings. The van der Waals surface area contributed by atoms with Crippen molar-refractivity contribution < 1.29 is 12.8 Å². The van der Waals surface area contributed by atoms with Gasteiger partial charge in [-0.1, -0.05) is 12.1 Å². The Bertz CT molecular complexity index is 765. The van der Waals surface area contributed by atoms with Gasteiger partial charge in [0.05, 0.1) is 5.69 Å². The Hall–Kier alpha value is -1.44. The number of anilines is 1. The second-order valence-corrected chi connectivity index (χ2v) is 7.21. The molecule has 0 aliphatic carbocycles. The van der Waals surface area contributed by atoms with Crippen LogP contribution in [0, 0.1) is 5.82 Å². The van der Waals surface area contributed by atoms with Crippen LogP contribution in [0.25, 0.3) is 0 Å². The molecule has 0 fully saturated rings. The van der Waals surface area contributed by atoms with Crippen LogP contribution >= 0.6 is 15.9 Å². The van der Waals surface area contributed by atoms with Gasteiger partial charge in [0.2, 0.25) is 0 Å². The summed E-state index contributed by atoms with van der Waals surface area (Å²) in [5.41, 5.74) is 6.49. The van der Waals surface area contributed by atoms with Crippen molar-refractivity contribution >= 4 is 31.6 Å². The molecule has 0 saturated carbocycles. The standard InChI is InChI=1S/C14H14BrFN2O2S/c1-18(12-4-2-3-11(16)8-12)21(19,20)14-7-10(9-17)5-6-13(14)15/h2-8H,9,17H2,1H3. The highest BCUT2D eigenvalue weighted by Crippen LogP contribution is 2.28. The Morgan fingerprint density at radius 1 is 1.24 bits per heavy atom. The van der Waals surface area contributed by atoms with E-state index in [1.165, 1.54) is 31.3 Å². The van der Waals surface area contributed by atoms with Crippen molar-refractivity contribution in [3.05, 3.63) is 58.3 Å². The summed E-state index contributed by atoms with van der Waals surface area (Å²) in [6.45, 7) is 0.236. The number of halogens is 2. The maximum Gasteiger partial charge on any atom is 0.265 e. The summed E-state index contributed by atoms with van der Waals surface area (Å²) in [6.07, 6.45) is 0. The van der Waals surface area contributed by atoms with Crippen molar-refractivity contribution in [1.29, 1.82) is 0 Å². The van der Waals surface area contributed by atoms with Crippen LogP contribution in [0.15, 0.2) is 51.8 Å². The van der Waals surface area contributed by atoms with Crippen molar-refractivity contribution in [2.24, 2.45) is 5.73 Å². The minimum absolute atomic E-state index is 0.0946. The Balaban J connectivity index is 2.51. The molecule has 2 aromatic carbocycles. The van der Waals surface area contributed by atoms with Crippen LogP contribution in [0.1, 0.15) is 5.56 Å². The van der Waals surface area contributed by atoms with Gasteiger partial charge in [0.25, 0.3) is 10.0 Å². The first-order valence-corrected chi connectivity index (χ1v) is 8.32. The molecule has 7 heteroatoms. The molecule has 0 unspecified atom stereocenters. The fourth-order valence-corrected chi connectivity index (χ4v) is 3.99. The first-order chi connectivity index (χ1) is 9.86. The van der Waals surface area contributed by atoms with Crippen molar-refractivity contribution in [2.45, 2.75) is 11.4 Å². The Labute approximate surface area is 131 Å². The molecule has 0 bridgehead atoms. The third-order valence-electron chi connectivity index (χ3n) is 3.04. The van der Waals surface area contributed by atoms with Gasteiger partial charge in [0, 0.05) is 18.1 Å². The van der Waals surface area contributed by atoms with Crippen molar-refractivity contribution in [1.82, 2.24) is 0 Å². The number of sulfonamides is 1. The van der Waals surface area contributed by atoms with Crippen LogP contribution in [-0.2, 0) is 16.6 Å². The molecule has 0 saturated heterocycles. The highest BCUT2D eigenvalue weighted by Gasteiger charge is 2.24. The van der Waals surface area contributed by atoms with Crippen LogP contribution in [0.4, 0.5) is 10.1 Å². The van der Waals surface area contributed by atoms with E-state index in [4.69, 9.17) is 5.73 Å². The molecule has 21 heavy (non-hydrogen) atoms. The van der Waals surface area contributed by atoms with E-state index >= 15 is 0 Å². The van der Waals surface area contributed by atoms with E-state index in [0.717, 1.165) is 10.4 Å². The molecule has 2 rings (SSSR count). The summed E-state index contributed by atoms with van der Waals surface area (Å²) in [4.78, 5) is 0.0946. The SMILES string of the molecule is CN(c1cccc(F)c1)S(=O)(=O)c1cc(CN)ccc1Br. The zero-order chi connectivity index (χ0) is 15.6. The van der Waals surface area contributed by atoms with E-state index < -0.39 is 15.8 Å². The molecule has 0 atom stereocenters.